The van der Waals surface area contributed by atoms with Crippen molar-refractivity contribution >= 4 is 11.6 Å². The van der Waals surface area contributed by atoms with E-state index in [1.807, 2.05) is 31.3 Å². The van der Waals surface area contributed by atoms with Crippen molar-refractivity contribution in [3.05, 3.63) is 24.3 Å². The Morgan fingerprint density at radius 3 is 2.47 bits per heavy atom. The van der Waals surface area contributed by atoms with Crippen LogP contribution in [0.4, 0.5) is 5.69 Å². The topological polar surface area (TPSA) is 50.4 Å². The van der Waals surface area contributed by atoms with E-state index in [1.54, 1.807) is 7.11 Å². The third-order valence-electron chi connectivity index (χ3n) is 3.20. The Hall–Kier alpha value is -1.55. The number of methoxy groups -OCH3 is 1. The first kappa shape index (κ1) is 11.9. The van der Waals surface area contributed by atoms with Crippen molar-refractivity contribution in [3.63, 3.8) is 0 Å². The maximum absolute atomic E-state index is 12.1. The molecule has 2 N–H and O–H groups in total. The minimum Gasteiger partial charge on any atom is -0.497 e. The van der Waals surface area contributed by atoms with E-state index < -0.39 is 0 Å². The lowest BCUT2D eigenvalue weighted by Gasteiger charge is -2.14. The van der Waals surface area contributed by atoms with Gasteiger partial charge in [-0.15, -0.1) is 0 Å². The summed E-state index contributed by atoms with van der Waals surface area (Å²) in [6, 6.07) is 7.39. The van der Waals surface area contributed by atoms with Crippen LogP contribution in [0.25, 0.3) is 0 Å². The number of rotatable bonds is 5. The molecule has 1 fully saturated rings. The summed E-state index contributed by atoms with van der Waals surface area (Å²) in [6.45, 7) is 0.745. The van der Waals surface area contributed by atoms with Gasteiger partial charge in [0.25, 0.3) is 0 Å². The van der Waals surface area contributed by atoms with E-state index in [1.165, 1.54) is 0 Å². The normalized spacial score (nSPS) is 16.4. The van der Waals surface area contributed by atoms with Gasteiger partial charge in [0.15, 0.2) is 0 Å². The monoisotopic (exact) mass is 234 g/mol. The summed E-state index contributed by atoms with van der Waals surface area (Å²) in [5.41, 5.74) is 0.632. The number of nitrogens with one attached hydrogen (secondary N) is 2. The fourth-order valence-electron chi connectivity index (χ4n) is 1.91. The van der Waals surface area contributed by atoms with Crippen molar-refractivity contribution < 1.29 is 9.53 Å². The molecule has 1 aliphatic rings. The molecule has 0 bridgehead atoms. The number of hydrogen-bond donors (Lipinski definition) is 2. The highest BCUT2D eigenvalue weighted by atomic mass is 16.5. The summed E-state index contributed by atoms with van der Waals surface area (Å²) >= 11 is 0. The molecule has 0 aromatic heterocycles. The molecule has 0 saturated heterocycles. The van der Waals surface area contributed by atoms with Gasteiger partial charge in [0.05, 0.1) is 12.5 Å². The van der Waals surface area contributed by atoms with E-state index in [0.29, 0.717) is 0 Å². The van der Waals surface area contributed by atoms with Crippen molar-refractivity contribution in [1.82, 2.24) is 5.32 Å². The number of carbonyl (C=O) groups excluding carboxylic acids is 1. The molecule has 0 atom stereocenters. The third-order valence-corrected chi connectivity index (χ3v) is 3.20. The zero-order valence-electron chi connectivity index (χ0n) is 10.2. The highest BCUT2D eigenvalue weighted by molar-refractivity contribution is 5.97. The maximum Gasteiger partial charge on any atom is 0.231 e. The van der Waals surface area contributed by atoms with E-state index in [4.69, 9.17) is 4.74 Å². The average molecular weight is 234 g/mol. The first-order chi connectivity index (χ1) is 8.20. The van der Waals surface area contributed by atoms with Crippen LogP contribution in [-0.2, 0) is 4.79 Å². The Bertz CT molecular complexity index is 396. The minimum absolute atomic E-state index is 0.108. The molecule has 1 saturated carbocycles. The van der Waals surface area contributed by atoms with Gasteiger partial charge in [-0.2, -0.15) is 0 Å². The predicted molar refractivity (Wildman–Crippen MR) is 67.2 cm³/mol. The molecular weight excluding hydrogens is 216 g/mol. The van der Waals surface area contributed by atoms with Crippen LogP contribution >= 0.6 is 0 Å². The number of amides is 1. The van der Waals surface area contributed by atoms with Gasteiger partial charge in [0.2, 0.25) is 5.91 Å². The fraction of sp³-hybridized carbons (Fsp3) is 0.462. The SMILES string of the molecule is CNCC1(C(=O)Nc2ccc(OC)cc2)CC1. The van der Waals surface area contributed by atoms with Crippen molar-refractivity contribution in [2.75, 3.05) is 26.0 Å². The van der Waals surface area contributed by atoms with Gasteiger partial charge in [-0.05, 0) is 44.2 Å². The molecule has 0 radical (unpaired) electrons. The summed E-state index contributed by atoms with van der Waals surface area (Å²) in [5.74, 6) is 0.899. The lowest BCUT2D eigenvalue weighted by molar-refractivity contribution is -0.120. The molecule has 0 unspecified atom stereocenters. The number of ether oxygens (including phenoxy) is 1. The van der Waals surface area contributed by atoms with Gasteiger partial charge < -0.3 is 15.4 Å². The van der Waals surface area contributed by atoms with E-state index in [2.05, 4.69) is 10.6 Å². The second-order valence-electron chi connectivity index (χ2n) is 4.49. The van der Waals surface area contributed by atoms with Crippen molar-refractivity contribution in [2.45, 2.75) is 12.8 Å². The number of benzene rings is 1. The van der Waals surface area contributed by atoms with Crippen LogP contribution in [0.5, 0.6) is 5.75 Å². The van der Waals surface area contributed by atoms with Gasteiger partial charge in [0, 0.05) is 12.2 Å². The molecule has 0 heterocycles. The molecule has 4 nitrogen and oxygen atoms in total. The van der Waals surface area contributed by atoms with Gasteiger partial charge in [0.1, 0.15) is 5.75 Å². The first-order valence-electron chi connectivity index (χ1n) is 5.80. The van der Waals surface area contributed by atoms with Gasteiger partial charge in [-0.3, -0.25) is 4.79 Å². The number of carbonyl (C=O) groups is 1. The van der Waals surface area contributed by atoms with Gasteiger partial charge >= 0.3 is 0 Å². The van der Waals surface area contributed by atoms with E-state index in [-0.39, 0.29) is 11.3 Å². The maximum atomic E-state index is 12.1. The van der Waals surface area contributed by atoms with Crippen LogP contribution in [0.3, 0.4) is 0 Å². The molecule has 92 valence electrons. The van der Waals surface area contributed by atoms with Crippen LogP contribution in [0.15, 0.2) is 24.3 Å². The summed E-state index contributed by atoms with van der Waals surface area (Å²) in [7, 11) is 3.50. The van der Waals surface area contributed by atoms with Crippen LogP contribution in [0.2, 0.25) is 0 Å². The number of anilines is 1. The quantitative estimate of drug-likeness (QED) is 0.814. The molecule has 1 aromatic rings. The van der Waals surface area contributed by atoms with E-state index in [9.17, 15) is 4.79 Å². The smallest absolute Gasteiger partial charge is 0.231 e. The van der Waals surface area contributed by atoms with Crippen LogP contribution in [0.1, 0.15) is 12.8 Å². The van der Waals surface area contributed by atoms with Crippen molar-refractivity contribution in [1.29, 1.82) is 0 Å². The van der Waals surface area contributed by atoms with Crippen LogP contribution < -0.4 is 15.4 Å². The molecule has 4 heteroatoms. The Labute approximate surface area is 101 Å². The fourth-order valence-corrected chi connectivity index (χ4v) is 1.91. The first-order valence-corrected chi connectivity index (χ1v) is 5.80. The lowest BCUT2D eigenvalue weighted by atomic mass is 10.1. The van der Waals surface area contributed by atoms with Crippen LogP contribution in [-0.4, -0.2) is 26.6 Å². The summed E-state index contributed by atoms with van der Waals surface area (Å²) in [6.07, 6.45) is 1.94. The van der Waals surface area contributed by atoms with Gasteiger partial charge in [-0.25, -0.2) is 0 Å². The summed E-state index contributed by atoms with van der Waals surface area (Å²) in [5, 5.41) is 6.02. The van der Waals surface area contributed by atoms with E-state index in [0.717, 1.165) is 30.8 Å². The molecule has 1 aromatic carbocycles. The largest absolute Gasteiger partial charge is 0.497 e. The Balaban J connectivity index is 1.98. The molecule has 1 aliphatic carbocycles. The summed E-state index contributed by atoms with van der Waals surface area (Å²) in [4.78, 5) is 12.1. The van der Waals surface area contributed by atoms with Crippen LogP contribution in [0, 0.1) is 5.41 Å². The van der Waals surface area contributed by atoms with Crippen molar-refractivity contribution in [2.24, 2.45) is 5.41 Å². The van der Waals surface area contributed by atoms with Crippen molar-refractivity contribution in [3.8, 4) is 5.75 Å². The molecular formula is C13H18N2O2. The highest BCUT2D eigenvalue weighted by Crippen LogP contribution is 2.45. The molecule has 0 spiro atoms. The second-order valence-corrected chi connectivity index (χ2v) is 4.49. The molecule has 0 aliphatic heterocycles. The Morgan fingerprint density at radius 1 is 1.35 bits per heavy atom. The van der Waals surface area contributed by atoms with E-state index >= 15 is 0 Å². The number of hydrogen-bond acceptors (Lipinski definition) is 3. The second kappa shape index (κ2) is 4.75. The zero-order chi connectivity index (χ0) is 12.3. The Morgan fingerprint density at radius 2 is 2.00 bits per heavy atom. The third kappa shape index (κ3) is 2.58. The van der Waals surface area contributed by atoms with Gasteiger partial charge in [-0.1, -0.05) is 0 Å². The highest BCUT2D eigenvalue weighted by Gasteiger charge is 2.49. The standard InChI is InChI=1S/C13H18N2O2/c1-14-9-13(7-8-13)12(16)15-10-3-5-11(17-2)6-4-10/h3-6,14H,7-9H2,1-2H3,(H,15,16). The Kier molecular flexibility index (Phi) is 3.33. The molecule has 17 heavy (non-hydrogen) atoms. The lowest BCUT2D eigenvalue weighted by Crippen LogP contribution is -2.32. The zero-order valence-corrected chi connectivity index (χ0v) is 10.2. The molecule has 1 amide bonds. The average Bonchev–Trinajstić information content (AvgIpc) is 3.12. The predicted octanol–water partition coefficient (Wildman–Crippen LogP) is 1.63. The summed E-state index contributed by atoms with van der Waals surface area (Å²) < 4.78 is 5.07. The molecule has 2 rings (SSSR count). The minimum atomic E-state index is -0.186.